The summed E-state index contributed by atoms with van der Waals surface area (Å²) in [5.41, 5.74) is 7.85. The lowest BCUT2D eigenvalue weighted by Crippen LogP contribution is -2.52. The quantitative estimate of drug-likeness (QED) is 0.103. The summed E-state index contributed by atoms with van der Waals surface area (Å²) < 4.78 is 70.4. The molecule has 1 aromatic rings. The van der Waals surface area contributed by atoms with Crippen molar-refractivity contribution in [3.63, 3.8) is 0 Å². The number of hydrogen-bond donors (Lipinski definition) is 3. The van der Waals surface area contributed by atoms with Crippen LogP contribution in [-0.4, -0.2) is 87.1 Å². The van der Waals surface area contributed by atoms with Crippen LogP contribution >= 0.6 is 0 Å². The van der Waals surface area contributed by atoms with Gasteiger partial charge in [-0.2, -0.15) is 13.2 Å². The van der Waals surface area contributed by atoms with Crippen molar-refractivity contribution in [3.05, 3.63) is 58.9 Å². The smallest absolute Gasteiger partial charge is 0.387 e. The van der Waals surface area contributed by atoms with E-state index in [0.29, 0.717) is 81.4 Å². The van der Waals surface area contributed by atoms with Crippen molar-refractivity contribution in [1.29, 1.82) is 0 Å². The van der Waals surface area contributed by atoms with Crippen molar-refractivity contribution in [3.8, 4) is 0 Å². The van der Waals surface area contributed by atoms with Gasteiger partial charge in [-0.3, -0.25) is 4.79 Å². The molecule has 5 rings (SSSR count). The number of benzene rings is 1. The normalized spacial score (nSPS) is 27.4. The summed E-state index contributed by atoms with van der Waals surface area (Å²) in [7, 11) is 0. The van der Waals surface area contributed by atoms with E-state index in [1.165, 1.54) is 12.1 Å². The van der Waals surface area contributed by atoms with E-state index in [1.54, 1.807) is 11.8 Å². The summed E-state index contributed by atoms with van der Waals surface area (Å²) in [5, 5.41) is 6.75. The molecule has 1 aromatic carbocycles. The fourth-order valence-electron chi connectivity index (χ4n) is 6.79. The Morgan fingerprint density at radius 3 is 2.38 bits per heavy atom. The van der Waals surface area contributed by atoms with Gasteiger partial charge in [0, 0.05) is 68.7 Å². The highest BCUT2D eigenvalue weighted by molar-refractivity contribution is 5.98. The second-order valence-electron chi connectivity index (χ2n) is 13.3. The van der Waals surface area contributed by atoms with Gasteiger partial charge in [0.1, 0.15) is 17.7 Å². The number of hydrogen-bond acceptors (Lipinski definition) is 7. The van der Waals surface area contributed by atoms with Gasteiger partial charge in [-0.25, -0.2) is 9.38 Å². The maximum atomic E-state index is 14.3. The van der Waals surface area contributed by atoms with Crippen molar-refractivity contribution in [2.24, 2.45) is 16.6 Å². The van der Waals surface area contributed by atoms with Gasteiger partial charge in [-0.15, -0.1) is 0 Å². The lowest BCUT2D eigenvalue weighted by molar-refractivity contribution is -0.137. The molecule has 4 heterocycles. The van der Waals surface area contributed by atoms with E-state index in [4.69, 9.17) is 24.9 Å². The SMILES string of the molecule is C=C(NC[C@H]1CCC[C@@H](c2ccc(C(F)(F)F)cc2)O1)/C(C)=C(\N=C(/N)C1CCOCC1)C(=O)N1CCC(N[C@@H]2CCOC[C@@H]2F)CC1. The van der Waals surface area contributed by atoms with Crippen molar-refractivity contribution in [1.82, 2.24) is 15.5 Å². The number of nitrogens with two attached hydrogens (primary N) is 1. The third-order valence-electron chi connectivity index (χ3n) is 9.91. The monoisotopic (exact) mass is 679 g/mol. The highest BCUT2D eigenvalue weighted by Gasteiger charge is 2.33. The molecule has 0 aliphatic carbocycles. The van der Waals surface area contributed by atoms with Crippen LogP contribution in [0.25, 0.3) is 0 Å². The van der Waals surface area contributed by atoms with Crippen LogP contribution in [-0.2, 0) is 25.2 Å². The zero-order chi connectivity index (χ0) is 34.3. The third-order valence-corrected chi connectivity index (χ3v) is 9.91. The van der Waals surface area contributed by atoms with Gasteiger partial charge in [0.2, 0.25) is 0 Å². The second-order valence-corrected chi connectivity index (χ2v) is 13.3. The Morgan fingerprint density at radius 1 is 1.02 bits per heavy atom. The molecule has 1 amide bonds. The highest BCUT2D eigenvalue weighted by atomic mass is 19.4. The number of allylic oxidation sites excluding steroid dienone is 1. The van der Waals surface area contributed by atoms with Crippen LogP contribution in [0.15, 0.2) is 52.8 Å². The Morgan fingerprint density at radius 2 is 1.71 bits per heavy atom. The molecule has 4 atom stereocenters. The summed E-state index contributed by atoms with van der Waals surface area (Å²) in [6, 6.07) is 5.02. The first-order chi connectivity index (χ1) is 23.0. The Hall–Kier alpha value is -3.00. The fourth-order valence-corrected chi connectivity index (χ4v) is 6.79. The number of alkyl halides is 4. The van der Waals surface area contributed by atoms with Crippen LogP contribution in [0.1, 0.15) is 75.5 Å². The molecule has 13 heteroatoms. The average molecular weight is 680 g/mol. The number of amidine groups is 1. The number of nitrogens with one attached hydrogen (secondary N) is 2. The summed E-state index contributed by atoms with van der Waals surface area (Å²) in [6.45, 7) is 9.25. The van der Waals surface area contributed by atoms with E-state index < -0.39 is 17.9 Å². The molecular weight excluding hydrogens is 630 g/mol. The van der Waals surface area contributed by atoms with Crippen LogP contribution in [0.5, 0.6) is 0 Å². The largest absolute Gasteiger partial charge is 0.416 e. The molecule has 4 fully saturated rings. The van der Waals surface area contributed by atoms with Crippen molar-refractivity contribution >= 4 is 11.7 Å². The molecule has 266 valence electrons. The van der Waals surface area contributed by atoms with E-state index in [2.05, 4.69) is 17.2 Å². The standard InChI is InChI=1S/C35H49F4N5O4/c1-22(23(2)41-20-28-4-3-5-31(48-28)24-6-8-26(9-7-24)35(37,38)39)32(43-33(40)25-12-17-46-18-13-25)34(45)44-15-10-27(11-16-44)42-30-14-19-47-21-29(30)36/h6-9,25,27-31,41-42H,2-5,10-21H2,1H3,(H2,40,43)/b32-22-/t28-,29+,30-,31+/m1/s1. The Kier molecular flexibility index (Phi) is 12.6. The maximum absolute atomic E-state index is 14.3. The Balaban J connectivity index is 1.23. The second kappa shape index (κ2) is 16.6. The molecule has 0 bridgehead atoms. The molecule has 0 unspecified atom stereocenters. The van der Waals surface area contributed by atoms with E-state index >= 15 is 0 Å². The lowest BCUT2D eigenvalue weighted by Gasteiger charge is -2.36. The first-order valence-corrected chi connectivity index (χ1v) is 17.1. The number of amides is 1. The number of likely N-dealkylation sites (tertiary alicyclic amines) is 1. The fraction of sp³-hybridized carbons (Fsp3) is 0.657. The molecule has 4 aliphatic heterocycles. The third kappa shape index (κ3) is 9.58. The summed E-state index contributed by atoms with van der Waals surface area (Å²) in [6.07, 6.45) is -0.0934. The molecule has 4 saturated heterocycles. The Labute approximate surface area is 280 Å². The zero-order valence-corrected chi connectivity index (χ0v) is 27.7. The molecule has 4 N–H and O–H groups in total. The summed E-state index contributed by atoms with van der Waals surface area (Å²) in [5.74, 6) is 0.180. The van der Waals surface area contributed by atoms with Crippen LogP contribution in [0.3, 0.4) is 0 Å². The minimum Gasteiger partial charge on any atom is -0.387 e. The molecule has 48 heavy (non-hydrogen) atoms. The molecule has 0 saturated carbocycles. The van der Waals surface area contributed by atoms with E-state index in [-0.39, 0.29) is 48.4 Å². The first-order valence-electron chi connectivity index (χ1n) is 17.1. The van der Waals surface area contributed by atoms with Crippen LogP contribution < -0.4 is 16.4 Å². The first kappa shape index (κ1) is 36.3. The zero-order valence-electron chi connectivity index (χ0n) is 27.7. The number of aliphatic imine (C=N–C) groups is 1. The van der Waals surface area contributed by atoms with Gasteiger partial charge in [0.15, 0.2) is 0 Å². The van der Waals surface area contributed by atoms with Crippen LogP contribution in [0.2, 0.25) is 0 Å². The van der Waals surface area contributed by atoms with Crippen molar-refractivity contribution < 1.29 is 36.6 Å². The van der Waals surface area contributed by atoms with Crippen LogP contribution in [0, 0.1) is 5.92 Å². The maximum Gasteiger partial charge on any atom is 0.416 e. The van der Waals surface area contributed by atoms with Gasteiger partial charge in [0.05, 0.1) is 24.4 Å². The predicted octanol–water partition coefficient (Wildman–Crippen LogP) is 5.18. The predicted molar refractivity (Wildman–Crippen MR) is 175 cm³/mol. The van der Waals surface area contributed by atoms with Gasteiger partial charge >= 0.3 is 6.18 Å². The number of halogens is 4. The number of ether oxygens (including phenoxy) is 3. The van der Waals surface area contributed by atoms with Gasteiger partial charge in [-0.1, -0.05) is 18.7 Å². The highest BCUT2D eigenvalue weighted by Crippen LogP contribution is 2.34. The van der Waals surface area contributed by atoms with Crippen molar-refractivity contribution in [2.45, 2.75) is 94.9 Å². The van der Waals surface area contributed by atoms with Gasteiger partial charge in [-0.05, 0) is 76.0 Å². The Bertz CT molecular complexity index is 1310. The summed E-state index contributed by atoms with van der Waals surface area (Å²) >= 11 is 0. The number of carbonyl (C=O) groups is 1. The number of piperidine rings is 1. The number of rotatable bonds is 10. The number of nitrogens with zero attached hydrogens (tertiary/aromatic N) is 2. The van der Waals surface area contributed by atoms with E-state index in [9.17, 15) is 22.4 Å². The minimum absolute atomic E-state index is 0.0106. The molecule has 0 spiro atoms. The molecule has 0 aromatic heterocycles. The van der Waals surface area contributed by atoms with Gasteiger partial charge in [0.25, 0.3) is 5.91 Å². The summed E-state index contributed by atoms with van der Waals surface area (Å²) in [4.78, 5) is 20.5. The average Bonchev–Trinajstić information content (AvgIpc) is 3.10. The minimum atomic E-state index is -4.39. The molecule has 4 aliphatic rings. The van der Waals surface area contributed by atoms with E-state index in [0.717, 1.165) is 44.2 Å². The lowest BCUT2D eigenvalue weighted by atomic mass is 9.97. The molecule has 0 radical (unpaired) electrons. The molecular formula is C35H49F4N5O4. The topological polar surface area (TPSA) is 110 Å². The van der Waals surface area contributed by atoms with Gasteiger partial charge < -0.3 is 35.5 Å². The number of carbonyl (C=O) groups excluding carboxylic acids is 1. The van der Waals surface area contributed by atoms with Crippen molar-refractivity contribution in [2.75, 3.05) is 46.1 Å². The molecule has 9 nitrogen and oxygen atoms in total. The van der Waals surface area contributed by atoms with E-state index in [1.807, 2.05) is 0 Å². The van der Waals surface area contributed by atoms with Crippen LogP contribution in [0.4, 0.5) is 17.6 Å².